The van der Waals surface area contributed by atoms with Crippen molar-refractivity contribution in [1.29, 1.82) is 0 Å². The molecule has 0 saturated heterocycles. The number of thiocarbonyl (C=S) groups is 1. The van der Waals surface area contributed by atoms with E-state index in [1.54, 1.807) is 48.5 Å². The molecule has 12 heteroatoms. The van der Waals surface area contributed by atoms with Gasteiger partial charge in [-0.25, -0.2) is 13.8 Å². The minimum atomic E-state index is -1.39. The Morgan fingerprint density at radius 2 is 1.57 bits per heavy atom. The molecule has 1 aromatic heterocycles. The van der Waals surface area contributed by atoms with Crippen LogP contribution in [0.15, 0.2) is 88.8 Å². The summed E-state index contributed by atoms with van der Waals surface area (Å²) < 4.78 is 46.0. The van der Waals surface area contributed by atoms with Gasteiger partial charge in [0.15, 0.2) is 14.9 Å². The quantitative estimate of drug-likeness (QED) is 0.195. The van der Waals surface area contributed by atoms with Gasteiger partial charge in [-0.3, -0.25) is 10.1 Å². The molecule has 4 aromatic rings. The Balaban J connectivity index is 1.38. The van der Waals surface area contributed by atoms with Gasteiger partial charge >= 0.3 is 0 Å². The van der Waals surface area contributed by atoms with Crippen molar-refractivity contribution in [2.24, 2.45) is 0 Å². The van der Waals surface area contributed by atoms with Crippen molar-refractivity contribution in [2.45, 2.75) is 9.79 Å². The summed E-state index contributed by atoms with van der Waals surface area (Å²) >= 11 is 15.8. The van der Waals surface area contributed by atoms with Gasteiger partial charge in [0.25, 0.3) is 5.91 Å². The highest BCUT2D eigenvalue weighted by atomic mass is 35.5. The molecule has 0 aliphatic heterocycles. The zero-order valence-corrected chi connectivity index (χ0v) is 21.7. The minimum absolute atomic E-state index is 0.0853. The molecule has 0 radical (unpaired) electrons. The lowest BCUT2D eigenvalue weighted by Gasteiger charge is -2.12. The molecule has 0 aliphatic rings. The normalized spacial score (nSPS) is 11.5. The first-order chi connectivity index (χ1) is 17.7. The monoisotopic (exact) mass is 577 g/mol. The zero-order chi connectivity index (χ0) is 26.5. The number of hydrogen-bond donors (Lipinski definition) is 2. The lowest BCUT2D eigenvalue weighted by atomic mass is 10.2. The van der Waals surface area contributed by atoms with E-state index in [2.05, 4.69) is 15.6 Å². The Kier molecular flexibility index (Phi) is 8.57. The lowest BCUT2D eigenvalue weighted by Crippen LogP contribution is -2.35. The van der Waals surface area contributed by atoms with Crippen molar-refractivity contribution in [3.8, 4) is 11.6 Å². The maximum absolute atomic E-state index is 13.8. The van der Waals surface area contributed by atoms with E-state index in [0.717, 1.165) is 18.2 Å². The molecule has 0 spiro atoms. The van der Waals surface area contributed by atoms with Crippen molar-refractivity contribution >= 4 is 63.3 Å². The lowest BCUT2D eigenvalue weighted by molar-refractivity contribution is 0.0969. The molecule has 2 N–H and O–H groups in total. The number of carbonyl (C=O) groups excluding carboxylic acids is 1. The molecule has 3 aromatic carbocycles. The number of rotatable bonds is 6. The molecule has 188 valence electrons. The van der Waals surface area contributed by atoms with Crippen LogP contribution < -0.4 is 15.4 Å². The number of hydrogen-bond acceptors (Lipinski definition) is 5. The molecule has 1 amide bonds. The van der Waals surface area contributed by atoms with Crippen LogP contribution in [0.3, 0.4) is 0 Å². The molecule has 1 atom stereocenters. The Labute approximate surface area is 228 Å². The number of anilines is 1. The van der Waals surface area contributed by atoms with E-state index >= 15 is 0 Å². The first kappa shape index (κ1) is 26.8. The predicted molar refractivity (Wildman–Crippen MR) is 142 cm³/mol. The van der Waals surface area contributed by atoms with Crippen LogP contribution in [0.4, 0.5) is 14.5 Å². The highest BCUT2D eigenvalue weighted by molar-refractivity contribution is 7.91. The van der Waals surface area contributed by atoms with E-state index in [0.29, 0.717) is 26.3 Å². The molecule has 0 bridgehead atoms. The Morgan fingerprint density at radius 1 is 0.973 bits per heavy atom. The van der Waals surface area contributed by atoms with Gasteiger partial charge in [-0.1, -0.05) is 29.3 Å². The molecule has 6 nitrogen and oxygen atoms in total. The second-order valence-electron chi connectivity index (χ2n) is 7.31. The van der Waals surface area contributed by atoms with Crippen LogP contribution in [0.25, 0.3) is 0 Å². The average molecular weight is 578 g/mol. The first-order valence-electron chi connectivity index (χ1n) is 10.4. The Morgan fingerprint density at radius 3 is 2.16 bits per heavy atom. The number of carbonyl (C=O) groups is 1. The fraction of sp³-hybridized carbons (Fsp3) is 0. The minimum Gasteiger partial charge on any atom is -0.606 e. The van der Waals surface area contributed by atoms with Crippen molar-refractivity contribution in [3.63, 3.8) is 0 Å². The van der Waals surface area contributed by atoms with Crippen LogP contribution in [0.2, 0.25) is 10.0 Å². The fourth-order valence-electron chi connectivity index (χ4n) is 3.05. The molecule has 4 rings (SSSR count). The number of amides is 1. The van der Waals surface area contributed by atoms with E-state index in [9.17, 15) is 18.1 Å². The van der Waals surface area contributed by atoms with Crippen molar-refractivity contribution < 1.29 is 22.9 Å². The summed E-state index contributed by atoms with van der Waals surface area (Å²) in [5.74, 6) is -2.59. The number of benzene rings is 3. The van der Waals surface area contributed by atoms with Gasteiger partial charge < -0.3 is 14.6 Å². The average Bonchev–Trinajstić information content (AvgIpc) is 2.86. The molecular formula is C25H15Cl2F2N3O3S2. The standard InChI is InChI=1S/C25H15Cl2F2N3O3S2/c26-14-4-8-17(9-5-14)37(34)18-10-6-16(7-11-18)35-24-19(27)12-15(13-30-24)31-25(36)32-23(33)22-20(28)2-1-3-21(22)29/h1-13H,(H2,31,32,33,36). The van der Waals surface area contributed by atoms with E-state index in [1.807, 2.05) is 0 Å². The van der Waals surface area contributed by atoms with Crippen LogP contribution in [0.1, 0.15) is 10.4 Å². The van der Waals surface area contributed by atoms with Crippen LogP contribution in [-0.4, -0.2) is 20.6 Å². The number of ether oxygens (including phenoxy) is 1. The summed E-state index contributed by atoms with van der Waals surface area (Å²) in [6, 6.07) is 17.8. The third-order valence-electron chi connectivity index (χ3n) is 4.76. The molecule has 37 heavy (non-hydrogen) atoms. The van der Waals surface area contributed by atoms with Gasteiger partial charge in [-0.05, 0) is 78.9 Å². The second kappa shape index (κ2) is 11.8. The van der Waals surface area contributed by atoms with Crippen molar-refractivity contribution in [2.75, 3.05) is 5.32 Å². The van der Waals surface area contributed by atoms with Crippen LogP contribution >= 0.6 is 35.4 Å². The predicted octanol–water partition coefficient (Wildman–Crippen LogP) is 6.75. The summed E-state index contributed by atoms with van der Waals surface area (Å²) in [6.45, 7) is 0. The van der Waals surface area contributed by atoms with Gasteiger partial charge in [0.05, 0.1) is 11.9 Å². The summed E-state index contributed by atoms with van der Waals surface area (Å²) in [7, 11) is 0. The summed E-state index contributed by atoms with van der Waals surface area (Å²) in [4.78, 5) is 17.5. The third-order valence-corrected chi connectivity index (χ3v) is 6.89. The van der Waals surface area contributed by atoms with Gasteiger partial charge in [0, 0.05) is 16.2 Å². The van der Waals surface area contributed by atoms with E-state index in [1.165, 1.54) is 12.3 Å². The first-order valence-corrected chi connectivity index (χ1v) is 12.7. The Hall–Kier alpha value is -3.28. The number of nitrogens with one attached hydrogen (secondary N) is 2. The Bertz CT molecular complexity index is 1440. The maximum atomic E-state index is 13.8. The number of aromatic nitrogens is 1. The van der Waals surface area contributed by atoms with E-state index in [4.69, 9.17) is 40.2 Å². The highest BCUT2D eigenvalue weighted by Gasteiger charge is 2.19. The third kappa shape index (κ3) is 6.73. The van der Waals surface area contributed by atoms with E-state index in [-0.39, 0.29) is 16.0 Å². The number of halogens is 4. The molecule has 0 fully saturated rings. The van der Waals surface area contributed by atoms with Gasteiger partial charge in [0.1, 0.15) is 28.0 Å². The van der Waals surface area contributed by atoms with Crippen molar-refractivity contribution in [3.05, 3.63) is 106 Å². The van der Waals surface area contributed by atoms with Gasteiger partial charge in [-0.15, -0.1) is 0 Å². The fourth-order valence-corrected chi connectivity index (χ4v) is 4.63. The van der Waals surface area contributed by atoms with E-state index < -0.39 is 34.3 Å². The van der Waals surface area contributed by atoms with Crippen LogP contribution in [-0.2, 0) is 11.2 Å². The van der Waals surface area contributed by atoms with Crippen LogP contribution in [0.5, 0.6) is 11.6 Å². The highest BCUT2D eigenvalue weighted by Crippen LogP contribution is 2.31. The topological polar surface area (TPSA) is 86.3 Å². The van der Waals surface area contributed by atoms with Crippen LogP contribution in [0, 0.1) is 11.6 Å². The van der Waals surface area contributed by atoms with Gasteiger partial charge in [-0.2, -0.15) is 0 Å². The molecule has 0 aliphatic carbocycles. The SMILES string of the molecule is O=C(NC(=S)Nc1cnc(Oc2ccc([S+]([O-])c3ccc(Cl)cc3)cc2)c(Cl)c1)c1c(F)cccc1F. The van der Waals surface area contributed by atoms with Crippen molar-refractivity contribution in [1.82, 2.24) is 10.3 Å². The number of pyridine rings is 1. The summed E-state index contributed by atoms with van der Waals surface area (Å²) in [6.07, 6.45) is 1.34. The smallest absolute Gasteiger partial charge is 0.263 e. The van der Waals surface area contributed by atoms with Gasteiger partial charge in [0.2, 0.25) is 5.88 Å². The second-order valence-corrected chi connectivity index (χ2v) is 10.0. The largest absolute Gasteiger partial charge is 0.606 e. The zero-order valence-electron chi connectivity index (χ0n) is 18.5. The number of nitrogens with zero attached hydrogens (tertiary/aromatic N) is 1. The molecule has 0 saturated carbocycles. The summed E-state index contributed by atoms with van der Waals surface area (Å²) in [5, 5.41) is 5.31. The maximum Gasteiger partial charge on any atom is 0.263 e. The molecular weight excluding hydrogens is 563 g/mol. The summed E-state index contributed by atoms with van der Waals surface area (Å²) in [5.41, 5.74) is -0.458. The molecule has 1 unspecified atom stereocenters. The molecule has 1 heterocycles.